The van der Waals surface area contributed by atoms with Gasteiger partial charge in [-0.2, -0.15) is 0 Å². The highest BCUT2D eigenvalue weighted by Gasteiger charge is 2.42. The number of amides is 1. The number of nitrogens with one attached hydrogen (secondary N) is 1. The molecule has 2 fully saturated rings. The number of carbonyl (C=O) groups is 1. The van der Waals surface area contributed by atoms with Gasteiger partial charge in [0, 0.05) is 11.7 Å². The molecule has 7 heteroatoms. The summed E-state index contributed by atoms with van der Waals surface area (Å²) in [6.45, 7) is 4.98. The van der Waals surface area contributed by atoms with Gasteiger partial charge >= 0.3 is 0 Å². The van der Waals surface area contributed by atoms with Gasteiger partial charge in [0.05, 0.1) is 11.5 Å². The lowest BCUT2D eigenvalue weighted by molar-refractivity contribution is -0.129. The topological polar surface area (TPSA) is 50.8 Å². The highest BCUT2D eigenvalue weighted by atomic mass is 32.2. The molecule has 204 valence electrons. The number of carbonyl (C=O) groups excluding carboxylic acids is 1. The van der Waals surface area contributed by atoms with Gasteiger partial charge in [-0.1, -0.05) is 67.9 Å². The summed E-state index contributed by atoms with van der Waals surface area (Å²) in [6.07, 6.45) is 6.50. The monoisotopic (exact) mass is 546 g/mol. The van der Waals surface area contributed by atoms with Gasteiger partial charge in [0.1, 0.15) is 12.4 Å². The average Bonchev–Trinajstić information content (AvgIpc) is 3.24. The first kappa shape index (κ1) is 27.1. The third-order valence-electron chi connectivity index (χ3n) is 7.30. The lowest BCUT2D eigenvalue weighted by Gasteiger charge is -2.39. The SMILES string of the molecule is CCOc1cc(/C=C2\SC(Nc3ccccc3)N([C@H]3CCCC[C@H]3C)C2=O)ccc1OCc1ccc(F)cc1. The van der Waals surface area contributed by atoms with Crippen molar-refractivity contribution in [3.63, 3.8) is 0 Å². The number of halogens is 1. The minimum atomic E-state index is -0.275. The molecule has 1 saturated heterocycles. The third kappa shape index (κ3) is 6.59. The zero-order chi connectivity index (χ0) is 27.2. The summed E-state index contributed by atoms with van der Waals surface area (Å²) < 4.78 is 25.1. The molecule has 1 aliphatic heterocycles. The molecular weight excluding hydrogens is 511 g/mol. The van der Waals surface area contributed by atoms with E-state index < -0.39 is 0 Å². The number of hydrogen-bond donors (Lipinski definition) is 1. The van der Waals surface area contributed by atoms with E-state index in [0.29, 0.717) is 35.5 Å². The molecule has 0 radical (unpaired) electrons. The predicted octanol–water partition coefficient (Wildman–Crippen LogP) is 7.69. The van der Waals surface area contributed by atoms with Crippen molar-refractivity contribution in [1.29, 1.82) is 0 Å². The van der Waals surface area contributed by atoms with E-state index in [4.69, 9.17) is 9.47 Å². The van der Waals surface area contributed by atoms with Gasteiger partial charge in [-0.3, -0.25) is 4.79 Å². The zero-order valence-corrected chi connectivity index (χ0v) is 23.3. The van der Waals surface area contributed by atoms with Crippen molar-refractivity contribution in [1.82, 2.24) is 4.90 Å². The summed E-state index contributed by atoms with van der Waals surface area (Å²) in [5.74, 6) is 1.48. The van der Waals surface area contributed by atoms with Crippen LogP contribution in [-0.4, -0.2) is 29.0 Å². The number of thioether (sulfide) groups is 1. The van der Waals surface area contributed by atoms with Crippen molar-refractivity contribution in [3.05, 3.63) is 94.6 Å². The van der Waals surface area contributed by atoms with Crippen LogP contribution in [0.4, 0.5) is 10.1 Å². The lowest BCUT2D eigenvalue weighted by Crippen LogP contribution is -2.48. The van der Waals surface area contributed by atoms with Crippen LogP contribution < -0.4 is 14.8 Å². The van der Waals surface area contributed by atoms with Crippen LogP contribution in [0, 0.1) is 11.7 Å². The molecule has 0 spiro atoms. The molecule has 1 N–H and O–H groups in total. The van der Waals surface area contributed by atoms with Crippen molar-refractivity contribution in [3.8, 4) is 11.5 Å². The van der Waals surface area contributed by atoms with E-state index in [1.165, 1.54) is 18.6 Å². The first-order chi connectivity index (χ1) is 19.0. The van der Waals surface area contributed by atoms with Gasteiger partial charge in [-0.25, -0.2) is 4.39 Å². The van der Waals surface area contributed by atoms with Crippen molar-refractivity contribution in [2.75, 3.05) is 11.9 Å². The van der Waals surface area contributed by atoms with Crippen LogP contribution in [0.15, 0.2) is 77.7 Å². The van der Waals surface area contributed by atoms with E-state index >= 15 is 0 Å². The Morgan fingerprint density at radius 3 is 2.51 bits per heavy atom. The Kier molecular flexibility index (Phi) is 8.77. The van der Waals surface area contributed by atoms with E-state index in [-0.39, 0.29) is 23.3 Å². The molecule has 1 aliphatic carbocycles. The molecule has 1 heterocycles. The van der Waals surface area contributed by atoms with Gasteiger partial charge in [0.2, 0.25) is 0 Å². The molecule has 5 nitrogen and oxygen atoms in total. The number of hydrogen-bond acceptors (Lipinski definition) is 5. The Bertz CT molecular complexity index is 1300. The maximum absolute atomic E-state index is 13.8. The van der Waals surface area contributed by atoms with Gasteiger partial charge in [-0.15, -0.1) is 0 Å². The van der Waals surface area contributed by atoms with Crippen LogP contribution in [0.1, 0.15) is 50.7 Å². The van der Waals surface area contributed by atoms with Crippen LogP contribution >= 0.6 is 11.8 Å². The van der Waals surface area contributed by atoms with Crippen molar-refractivity contribution >= 4 is 29.4 Å². The van der Waals surface area contributed by atoms with Crippen LogP contribution in [0.25, 0.3) is 6.08 Å². The minimum absolute atomic E-state index is 0.0711. The molecular formula is C32H35FN2O3S. The van der Waals surface area contributed by atoms with Gasteiger partial charge in [0.15, 0.2) is 17.0 Å². The molecule has 0 aromatic heterocycles. The Balaban J connectivity index is 1.38. The standard InChI is InChI=1S/C32H35FN2O3S/c1-3-37-29-19-24(15-18-28(29)38-21-23-13-16-25(33)17-14-23)20-30-31(36)35(27-12-8-7-9-22(27)2)32(39-30)34-26-10-5-4-6-11-26/h4-6,10-11,13-20,22,27,32,34H,3,7-9,12,21H2,1-2H3/b30-20-/t22-,27+,32?/m1/s1. The number of anilines is 1. The van der Waals surface area contributed by atoms with E-state index in [2.05, 4.69) is 17.1 Å². The van der Waals surface area contributed by atoms with Crippen molar-refractivity contribution in [2.24, 2.45) is 5.92 Å². The molecule has 1 unspecified atom stereocenters. The number of nitrogens with zero attached hydrogens (tertiary/aromatic N) is 1. The van der Waals surface area contributed by atoms with Crippen LogP contribution in [0.3, 0.4) is 0 Å². The second-order valence-corrected chi connectivity index (χ2v) is 11.2. The summed E-state index contributed by atoms with van der Waals surface area (Å²) in [6, 6.07) is 22.3. The third-order valence-corrected chi connectivity index (χ3v) is 8.41. The second-order valence-electron chi connectivity index (χ2n) is 10.1. The second kappa shape index (κ2) is 12.6. The van der Waals surface area contributed by atoms with Crippen LogP contribution in [0.2, 0.25) is 0 Å². The first-order valence-electron chi connectivity index (χ1n) is 13.7. The molecule has 3 atom stereocenters. The number of benzene rings is 3. The molecule has 2 aliphatic rings. The largest absolute Gasteiger partial charge is 0.490 e. The molecule has 1 amide bonds. The normalized spacial score (nSPS) is 22.2. The summed E-state index contributed by atoms with van der Waals surface area (Å²) in [5.41, 5.74) is 2.58. The average molecular weight is 547 g/mol. The molecule has 5 rings (SSSR count). The molecule has 3 aromatic carbocycles. The van der Waals surface area contributed by atoms with Crippen LogP contribution in [0.5, 0.6) is 11.5 Å². The molecule has 39 heavy (non-hydrogen) atoms. The van der Waals surface area contributed by atoms with Gasteiger partial charge in [-0.05, 0) is 79.3 Å². The highest BCUT2D eigenvalue weighted by molar-refractivity contribution is 8.05. The fourth-order valence-corrected chi connectivity index (χ4v) is 6.47. The Labute approximate surface area is 234 Å². The molecule has 1 saturated carbocycles. The highest BCUT2D eigenvalue weighted by Crippen LogP contribution is 2.42. The van der Waals surface area contributed by atoms with E-state index in [0.717, 1.165) is 36.1 Å². The molecule has 3 aromatic rings. The smallest absolute Gasteiger partial charge is 0.262 e. The zero-order valence-electron chi connectivity index (χ0n) is 22.4. The lowest BCUT2D eigenvalue weighted by atomic mass is 9.85. The Hall–Kier alpha value is -3.45. The maximum atomic E-state index is 13.8. The number of rotatable bonds is 9. The number of ether oxygens (including phenoxy) is 2. The maximum Gasteiger partial charge on any atom is 0.262 e. The minimum Gasteiger partial charge on any atom is -0.490 e. The summed E-state index contributed by atoms with van der Waals surface area (Å²) in [5, 5.41) is 3.59. The summed E-state index contributed by atoms with van der Waals surface area (Å²) >= 11 is 1.57. The number of para-hydroxylation sites is 1. The van der Waals surface area contributed by atoms with Gasteiger partial charge in [0.25, 0.3) is 5.91 Å². The fraction of sp³-hybridized carbons (Fsp3) is 0.344. The van der Waals surface area contributed by atoms with Crippen molar-refractivity contribution < 1.29 is 18.7 Å². The fourth-order valence-electron chi connectivity index (χ4n) is 5.26. The first-order valence-corrected chi connectivity index (χ1v) is 14.6. The van der Waals surface area contributed by atoms with Gasteiger partial charge < -0.3 is 19.7 Å². The molecule has 0 bridgehead atoms. The predicted molar refractivity (Wildman–Crippen MR) is 156 cm³/mol. The quantitative estimate of drug-likeness (QED) is 0.279. The Morgan fingerprint density at radius 1 is 1.00 bits per heavy atom. The van der Waals surface area contributed by atoms with Crippen LogP contribution in [-0.2, 0) is 11.4 Å². The Morgan fingerprint density at radius 2 is 1.77 bits per heavy atom. The van der Waals surface area contributed by atoms with E-state index in [1.54, 1.807) is 23.9 Å². The summed E-state index contributed by atoms with van der Waals surface area (Å²) in [7, 11) is 0. The van der Waals surface area contributed by atoms with Crippen molar-refractivity contribution in [2.45, 2.75) is 57.7 Å². The van der Waals surface area contributed by atoms with E-state index in [9.17, 15) is 9.18 Å². The van der Waals surface area contributed by atoms with E-state index in [1.807, 2.05) is 61.5 Å². The summed E-state index contributed by atoms with van der Waals surface area (Å²) in [4.78, 5) is 16.6.